The molecule has 3 rings (SSSR count). The molecule has 0 radical (unpaired) electrons. The van der Waals surface area contributed by atoms with Gasteiger partial charge in [0, 0.05) is 17.1 Å². The van der Waals surface area contributed by atoms with Crippen molar-refractivity contribution in [3.8, 4) is 5.75 Å². The average Bonchev–Trinajstić information content (AvgIpc) is 2.91. The number of carbonyl (C=O) groups excluding carboxylic acids is 2. The summed E-state index contributed by atoms with van der Waals surface area (Å²) in [5.41, 5.74) is 0.971. The van der Waals surface area contributed by atoms with E-state index in [1.807, 2.05) is 45.0 Å². The summed E-state index contributed by atoms with van der Waals surface area (Å²) in [5.74, 6) is -1.01. The Balaban J connectivity index is 2.02. The van der Waals surface area contributed by atoms with E-state index in [0.717, 1.165) is 38.6 Å². The summed E-state index contributed by atoms with van der Waals surface area (Å²) < 4.78 is 48.4. The lowest BCUT2D eigenvalue weighted by molar-refractivity contribution is -0.139. The van der Waals surface area contributed by atoms with Gasteiger partial charge in [-0.3, -0.25) is 13.9 Å². The minimum absolute atomic E-state index is 0.0759. The molecule has 214 valence electrons. The van der Waals surface area contributed by atoms with Crippen molar-refractivity contribution in [1.82, 2.24) is 10.2 Å². The molecular formula is C29H33BrFN3O5S. The fraction of sp³-hybridized carbons (Fsp3) is 0.310. The summed E-state index contributed by atoms with van der Waals surface area (Å²) in [6.07, 6.45) is 0. The zero-order valence-electron chi connectivity index (χ0n) is 22.8. The molecular weight excluding hydrogens is 601 g/mol. The minimum Gasteiger partial charge on any atom is -0.494 e. The Hall–Kier alpha value is -3.44. The first-order valence-corrected chi connectivity index (χ1v) is 15.0. The van der Waals surface area contributed by atoms with Gasteiger partial charge >= 0.3 is 0 Å². The Bertz CT molecular complexity index is 1400. The third-order valence-corrected chi connectivity index (χ3v) is 8.30. The number of rotatable bonds is 12. The quantitative estimate of drug-likeness (QED) is 0.299. The standard InChI is InChI=1S/C29H33BrFN3O5S/c1-5-39-26-14-12-25(13-15-26)34(40(37,38)27-16-10-24(31)11-17-27)19-28(35)33(21(4)29(36)32-20(2)3)18-22-6-8-23(30)9-7-22/h6-17,20-21H,5,18-19H2,1-4H3,(H,32,36)/t21-/m0/s1. The van der Waals surface area contributed by atoms with Crippen LogP contribution in [0.15, 0.2) is 82.2 Å². The molecule has 2 amide bonds. The van der Waals surface area contributed by atoms with Crippen molar-refractivity contribution in [2.24, 2.45) is 0 Å². The van der Waals surface area contributed by atoms with Crippen LogP contribution in [0.3, 0.4) is 0 Å². The first-order chi connectivity index (χ1) is 18.9. The van der Waals surface area contributed by atoms with E-state index in [0.29, 0.717) is 12.4 Å². The molecule has 0 aliphatic carbocycles. The van der Waals surface area contributed by atoms with Crippen molar-refractivity contribution in [3.63, 3.8) is 0 Å². The highest BCUT2D eigenvalue weighted by atomic mass is 79.9. The minimum atomic E-state index is -4.30. The maximum absolute atomic E-state index is 13.9. The molecule has 3 aromatic rings. The van der Waals surface area contributed by atoms with Crippen LogP contribution in [0.2, 0.25) is 0 Å². The van der Waals surface area contributed by atoms with Crippen molar-refractivity contribution in [3.05, 3.63) is 88.6 Å². The SMILES string of the molecule is CCOc1ccc(N(CC(=O)N(Cc2ccc(Br)cc2)[C@@H](C)C(=O)NC(C)C)S(=O)(=O)c2ccc(F)cc2)cc1. The van der Waals surface area contributed by atoms with E-state index in [2.05, 4.69) is 21.2 Å². The van der Waals surface area contributed by atoms with Crippen LogP contribution in [0.4, 0.5) is 10.1 Å². The Morgan fingerprint density at radius 2 is 1.55 bits per heavy atom. The van der Waals surface area contributed by atoms with Crippen molar-refractivity contribution >= 4 is 43.5 Å². The Morgan fingerprint density at radius 1 is 0.950 bits per heavy atom. The normalized spacial score (nSPS) is 12.1. The average molecular weight is 635 g/mol. The lowest BCUT2D eigenvalue weighted by Crippen LogP contribution is -2.52. The van der Waals surface area contributed by atoms with E-state index in [1.165, 1.54) is 17.0 Å². The molecule has 8 nitrogen and oxygen atoms in total. The summed E-state index contributed by atoms with van der Waals surface area (Å²) in [7, 11) is -4.30. The first-order valence-electron chi connectivity index (χ1n) is 12.8. The molecule has 1 atom stereocenters. The van der Waals surface area contributed by atoms with Gasteiger partial charge in [0.25, 0.3) is 10.0 Å². The van der Waals surface area contributed by atoms with Crippen LogP contribution in [0, 0.1) is 5.82 Å². The lowest BCUT2D eigenvalue weighted by atomic mass is 10.1. The Morgan fingerprint density at radius 3 is 2.10 bits per heavy atom. The summed E-state index contributed by atoms with van der Waals surface area (Å²) >= 11 is 3.39. The fourth-order valence-corrected chi connectivity index (χ4v) is 5.59. The van der Waals surface area contributed by atoms with Gasteiger partial charge in [0.1, 0.15) is 24.2 Å². The first kappa shape index (κ1) is 31.1. The van der Waals surface area contributed by atoms with E-state index < -0.39 is 34.3 Å². The number of ether oxygens (including phenoxy) is 1. The van der Waals surface area contributed by atoms with Gasteiger partial charge in [-0.15, -0.1) is 0 Å². The maximum Gasteiger partial charge on any atom is 0.264 e. The number of nitrogens with zero attached hydrogens (tertiary/aromatic N) is 2. The van der Waals surface area contributed by atoms with Crippen LogP contribution < -0.4 is 14.4 Å². The second kappa shape index (κ2) is 13.8. The summed E-state index contributed by atoms with van der Waals surface area (Å²) in [6.45, 7) is 6.97. The predicted molar refractivity (Wildman–Crippen MR) is 156 cm³/mol. The third-order valence-electron chi connectivity index (χ3n) is 5.98. The van der Waals surface area contributed by atoms with Crippen LogP contribution in [-0.2, 0) is 26.2 Å². The molecule has 0 heterocycles. The highest BCUT2D eigenvalue weighted by Crippen LogP contribution is 2.27. The van der Waals surface area contributed by atoms with Gasteiger partial charge in [0.2, 0.25) is 11.8 Å². The lowest BCUT2D eigenvalue weighted by Gasteiger charge is -2.32. The number of amides is 2. The number of anilines is 1. The van der Waals surface area contributed by atoms with Gasteiger partial charge in [-0.1, -0.05) is 28.1 Å². The summed E-state index contributed by atoms with van der Waals surface area (Å²) in [4.78, 5) is 28.0. The largest absolute Gasteiger partial charge is 0.494 e. The molecule has 3 aromatic carbocycles. The number of nitrogens with one attached hydrogen (secondary N) is 1. The molecule has 0 bridgehead atoms. The second-order valence-corrected chi connectivity index (χ2v) is 12.2. The molecule has 1 N–H and O–H groups in total. The highest BCUT2D eigenvalue weighted by molar-refractivity contribution is 9.10. The molecule has 0 spiro atoms. The molecule has 0 fully saturated rings. The summed E-state index contributed by atoms with van der Waals surface area (Å²) in [6, 6.07) is 16.9. The molecule has 0 unspecified atom stereocenters. The molecule has 0 saturated heterocycles. The molecule has 0 aliphatic rings. The number of sulfonamides is 1. The van der Waals surface area contributed by atoms with E-state index >= 15 is 0 Å². The predicted octanol–water partition coefficient (Wildman–Crippen LogP) is 5.12. The van der Waals surface area contributed by atoms with E-state index in [-0.39, 0.29) is 29.1 Å². The van der Waals surface area contributed by atoms with Gasteiger partial charge < -0.3 is 15.0 Å². The monoisotopic (exact) mass is 633 g/mol. The number of halogens is 2. The van der Waals surface area contributed by atoms with Gasteiger partial charge in [0.15, 0.2) is 0 Å². The van der Waals surface area contributed by atoms with Gasteiger partial charge in [-0.25, -0.2) is 12.8 Å². The fourth-order valence-electron chi connectivity index (χ4n) is 3.91. The van der Waals surface area contributed by atoms with Gasteiger partial charge in [-0.2, -0.15) is 0 Å². The molecule has 40 heavy (non-hydrogen) atoms. The van der Waals surface area contributed by atoms with E-state index in [1.54, 1.807) is 19.1 Å². The molecule has 11 heteroatoms. The number of benzene rings is 3. The molecule has 0 aliphatic heterocycles. The molecule has 0 saturated carbocycles. The van der Waals surface area contributed by atoms with E-state index in [9.17, 15) is 22.4 Å². The van der Waals surface area contributed by atoms with E-state index in [4.69, 9.17) is 4.74 Å². The third kappa shape index (κ3) is 8.04. The number of carbonyl (C=O) groups is 2. The van der Waals surface area contributed by atoms with Crippen molar-refractivity contribution in [2.45, 2.75) is 51.2 Å². The Kier molecular flexibility index (Phi) is 10.7. The second-order valence-electron chi connectivity index (χ2n) is 9.38. The van der Waals surface area contributed by atoms with Gasteiger partial charge in [-0.05, 0) is 93.9 Å². The smallest absolute Gasteiger partial charge is 0.264 e. The van der Waals surface area contributed by atoms with Crippen molar-refractivity contribution in [2.75, 3.05) is 17.5 Å². The van der Waals surface area contributed by atoms with Crippen molar-refractivity contribution < 1.29 is 27.1 Å². The van der Waals surface area contributed by atoms with Crippen molar-refractivity contribution in [1.29, 1.82) is 0 Å². The van der Waals surface area contributed by atoms with Crippen LogP contribution in [-0.4, -0.2) is 50.4 Å². The van der Waals surface area contributed by atoms with Crippen LogP contribution in [0.25, 0.3) is 0 Å². The maximum atomic E-state index is 13.9. The zero-order valence-corrected chi connectivity index (χ0v) is 25.2. The van der Waals surface area contributed by atoms with Gasteiger partial charge in [0.05, 0.1) is 17.2 Å². The summed E-state index contributed by atoms with van der Waals surface area (Å²) in [5, 5.41) is 2.82. The number of hydrogen-bond acceptors (Lipinski definition) is 5. The Labute approximate surface area is 243 Å². The van der Waals surface area contributed by atoms with Crippen LogP contribution in [0.5, 0.6) is 5.75 Å². The zero-order chi connectivity index (χ0) is 29.4. The topological polar surface area (TPSA) is 96.0 Å². The highest BCUT2D eigenvalue weighted by Gasteiger charge is 2.32. The van der Waals surface area contributed by atoms with Crippen LogP contribution >= 0.6 is 15.9 Å². The van der Waals surface area contributed by atoms with Crippen LogP contribution in [0.1, 0.15) is 33.3 Å². The number of hydrogen-bond donors (Lipinski definition) is 1. The molecule has 0 aromatic heterocycles.